The lowest BCUT2D eigenvalue weighted by atomic mass is 10.1. The molecule has 19 heavy (non-hydrogen) atoms. The number of rotatable bonds is 6. The summed E-state index contributed by atoms with van der Waals surface area (Å²) >= 11 is 0. The van der Waals surface area contributed by atoms with Gasteiger partial charge in [0.05, 0.1) is 6.54 Å². The van der Waals surface area contributed by atoms with E-state index >= 15 is 0 Å². The van der Waals surface area contributed by atoms with Crippen LogP contribution in [0.15, 0.2) is 34.7 Å². The highest BCUT2D eigenvalue weighted by Crippen LogP contribution is 2.26. The molecule has 2 N–H and O–H groups in total. The minimum Gasteiger partial charge on any atom is -0.460 e. The van der Waals surface area contributed by atoms with E-state index in [0.29, 0.717) is 6.54 Å². The highest BCUT2D eigenvalue weighted by molar-refractivity contribution is 5.61. The molecule has 0 saturated carbocycles. The molecule has 0 spiro atoms. The molecule has 0 aliphatic rings. The van der Waals surface area contributed by atoms with E-state index in [2.05, 4.69) is 5.32 Å². The fraction of sp³-hybridized carbons (Fsp3) is 0.333. The van der Waals surface area contributed by atoms with Crippen molar-refractivity contribution >= 4 is 0 Å². The van der Waals surface area contributed by atoms with E-state index in [9.17, 15) is 4.39 Å². The van der Waals surface area contributed by atoms with Crippen LogP contribution in [0, 0.1) is 12.7 Å². The minimum absolute atomic E-state index is 0.186. The Morgan fingerprint density at radius 1 is 1.26 bits per heavy atom. The van der Waals surface area contributed by atoms with Crippen molar-refractivity contribution < 1.29 is 13.9 Å². The number of benzene rings is 1. The van der Waals surface area contributed by atoms with Gasteiger partial charge in [0.2, 0.25) is 0 Å². The lowest BCUT2D eigenvalue weighted by molar-refractivity contribution is 0.285. The Morgan fingerprint density at radius 2 is 2.11 bits per heavy atom. The number of hydrogen-bond acceptors (Lipinski definition) is 3. The Morgan fingerprint density at radius 3 is 2.84 bits per heavy atom. The van der Waals surface area contributed by atoms with Crippen LogP contribution in [0.2, 0.25) is 0 Å². The number of aryl methyl sites for hydroxylation is 1. The SMILES string of the molecule is Cc1cc(F)ccc1-c1ccc(CNCCCO)o1. The number of aliphatic hydroxyl groups is 1. The average molecular weight is 263 g/mol. The molecule has 0 fully saturated rings. The van der Waals surface area contributed by atoms with Gasteiger partial charge in [0.25, 0.3) is 0 Å². The second kappa shape index (κ2) is 6.50. The molecule has 3 nitrogen and oxygen atoms in total. The lowest BCUT2D eigenvalue weighted by Gasteiger charge is -2.03. The standard InChI is InChI=1S/C15H18FNO2/c1-11-9-12(16)3-5-14(11)15-6-4-13(19-15)10-17-7-2-8-18/h3-6,9,17-18H,2,7-8,10H2,1H3. The van der Waals surface area contributed by atoms with E-state index < -0.39 is 0 Å². The van der Waals surface area contributed by atoms with Gasteiger partial charge in [-0.1, -0.05) is 0 Å². The summed E-state index contributed by atoms with van der Waals surface area (Å²) in [6.45, 7) is 3.42. The van der Waals surface area contributed by atoms with Crippen molar-refractivity contribution in [2.24, 2.45) is 0 Å². The third-order valence-electron chi connectivity index (χ3n) is 2.93. The molecule has 0 radical (unpaired) electrons. The summed E-state index contributed by atoms with van der Waals surface area (Å²) in [5.74, 6) is 1.34. The first-order valence-electron chi connectivity index (χ1n) is 6.37. The van der Waals surface area contributed by atoms with Gasteiger partial charge in [0.15, 0.2) is 0 Å². The Kier molecular flexibility index (Phi) is 4.71. The van der Waals surface area contributed by atoms with Gasteiger partial charge in [0.1, 0.15) is 17.3 Å². The fourth-order valence-corrected chi connectivity index (χ4v) is 1.94. The van der Waals surface area contributed by atoms with Gasteiger partial charge in [-0.3, -0.25) is 0 Å². The highest BCUT2D eigenvalue weighted by atomic mass is 19.1. The zero-order chi connectivity index (χ0) is 13.7. The Labute approximate surface area is 112 Å². The first-order valence-corrected chi connectivity index (χ1v) is 6.37. The summed E-state index contributed by atoms with van der Waals surface area (Å²) in [5, 5.41) is 11.9. The number of nitrogens with one attached hydrogen (secondary N) is 1. The minimum atomic E-state index is -0.237. The molecule has 0 bridgehead atoms. The molecule has 102 valence electrons. The van der Waals surface area contributed by atoms with Crippen molar-refractivity contribution in [2.75, 3.05) is 13.2 Å². The van der Waals surface area contributed by atoms with Gasteiger partial charge in [-0.25, -0.2) is 4.39 Å². The van der Waals surface area contributed by atoms with Crippen LogP contribution in [0.25, 0.3) is 11.3 Å². The molecule has 4 heteroatoms. The zero-order valence-electron chi connectivity index (χ0n) is 10.9. The topological polar surface area (TPSA) is 45.4 Å². The predicted molar refractivity (Wildman–Crippen MR) is 72.2 cm³/mol. The molecule has 0 aliphatic carbocycles. The number of hydrogen-bond donors (Lipinski definition) is 2. The van der Waals surface area contributed by atoms with Crippen molar-refractivity contribution in [3.8, 4) is 11.3 Å². The van der Waals surface area contributed by atoms with Crippen LogP contribution in [-0.4, -0.2) is 18.3 Å². The first-order chi connectivity index (χ1) is 9.20. The Balaban J connectivity index is 2.04. The van der Waals surface area contributed by atoms with E-state index in [-0.39, 0.29) is 12.4 Å². The monoisotopic (exact) mass is 263 g/mol. The predicted octanol–water partition coefficient (Wildman–Crippen LogP) is 2.87. The molecule has 0 aliphatic heterocycles. The van der Waals surface area contributed by atoms with Gasteiger partial charge in [-0.2, -0.15) is 0 Å². The van der Waals surface area contributed by atoms with Gasteiger partial charge in [-0.05, 0) is 55.8 Å². The van der Waals surface area contributed by atoms with E-state index in [0.717, 1.165) is 35.6 Å². The highest BCUT2D eigenvalue weighted by Gasteiger charge is 2.08. The second-order valence-corrected chi connectivity index (χ2v) is 4.48. The summed E-state index contributed by atoms with van der Waals surface area (Å²) in [7, 11) is 0. The summed E-state index contributed by atoms with van der Waals surface area (Å²) in [5.41, 5.74) is 1.76. The quantitative estimate of drug-likeness (QED) is 0.788. The van der Waals surface area contributed by atoms with E-state index in [4.69, 9.17) is 9.52 Å². The molecule has 2 aromatic rings. The largest absolute Gasteiger partial charge is 0.460 e. The molecule has 1 aromatic carbocycles. The van der Waals surface area contributed by atoms with Crippen molar-refractivity contribution in [3.05, 3.63) is 47.5 Å². The maximum Gasteiger partial charge on any atom is 0.134 e. The van der Waals surface area contributed by atoms with Gasteiger partial charge < -0.3 is 14.8 Å². The van der Waals surface area contributed by atoms with Crippen molar-refractivity contribution in [1.82, 2.24) is 5.32 Å². The molecular weight excluding hydrogens is 245 g/mol. The third kappa shape index (κ3) is 3.66. The zero-order valence-corrected chi connectivity index (χ0v) is 10.9. The molecular formula is C15H18FNO2. The van der Waals surface area contributed by atoms with Crippen molar-refractivity contribution in [1.29, 1.82) is 0 Å². The van der Waals surface area contributed by atoms with Crippen LogP contribution in [-0.2, 0) is 6.54 Å². The number of aliphatic hydroxyl groups excluding tert-OH is 1. The third-order valence-corrected chi connectivity index (χ3v) is 2.93. The molecule has 1 aromatic heterocycles. The van der Waals surface area contributed by atoms with Gasteiger partial charge in [-0.15, -0.1) is 0 Å². The van der Waals surface area contributed by atoms with Crippen LogP contribution in [0.3, 0.4) is 0 Å². The normalized spacial score (nSPS) is 10.9. The molecule has 0 unspecified atom stereocenters. The lowest BCUT2D eigenvalue weighted by Crippen LogP contribution is -2.15. The Hall–Kier alpha value is -1.65. The van der Waals surface area contributed by atoms with E-state index in [1.807, 2.05) is 19.1 Å². The van der Waals surface area contributed by atoms with Crippen LogP contribution < -0.4 is 5.32 Å². The van der Waals surface area contributed by atoms with Crippen LogP contribution >= 0.6 is 0 Å². The summed E-state index contributed by atoms with van der Waals surface area (Å²) in [4.78, 5) is 0. The molecule has 1 heterocycles. The van der Waals surface area contributed by atoms with Crippen LogP contribution in [0.1, 0.15) is 17.7 Å². The first kappa shape index (κ1) is 13.8. The maximum absolute atomic E-state index is 13.0. The second-order valence-electron chi connectivity index (χ2n) is 4.48. The van der Waals surface area contributed by atoms with Crippen LogP contribution in [0.5, 0.6) is 0 Å². The summed E-state index contributed by atoms with van der Waals surface area (Å²) < 4.78 is 18.8. The number of furan rings is 1. The van der Waals surface area contributed by atoms with E-state index in [1.165, 1.54) is 12.1 Å². The molecule has 2 rings (SSSR count). The fourth-order valence-electron chi connectivity index (χ4n) is 1.94. The maximum atomic E-state index is 13.0. The molecule has 0 amide bonds. The summed E-state index contributed by atoms with van der Waals surface area (Å²) in [6, 6.07) is 8.46. The van der Waals surface area contributed by atoms with Crippen LogP contribution in [0.4, 0.5) is 4.39 Å². The van der Waals surface area contributed by atoms with Crippen molar-refractivity contribution in [2.45, 2.75) is 19.9 Å². The van der Waals surface area contributed by atoms with Crippen molar-refractivity contribution in [3.63, 3.8) is 0 Å². The van der Waals surface area contributed by atoms with Gasteiger partial charge in [0, 0.05) is 12.2 Å². The molecule has 0 atom stereocenters. The average Bonchev–Trinajstić information content (AvgIpc) is 2.83. The number of halogens is 1. The molecule has 0 saturated heterocycles. The van der Waals surface area contributed by atoms with Gasteiger partial charge >= 0.3 is 0 Å². The Bertz CT molecular complexity index is 537. The summed E-state index contributed by atoms with van der Waals surface area (Å²) in [6.07, 6.45) is 0.727. The smallest absolute Gasteiger partial charge is 0.134 e. The van der Waals surface area contributed by atoms with E-state index in [1.54, 1.807) is 6.07 Å².